The molecular weight excluding hydrogens is 396 g/mol. The number of nitrogens with zero attached hydrogens (tertiary/aromatic N) is 2. The van der Waals surface area contributed by atoms with Crippen LogP contribution in [0.1, 0.15) is 76.3 Å². The fourth-order valence-electron chi connectivity index (χ4n) is 3.52. The quantitative estimate of drug-likeness (QED) is 0.170. The molecule has 0 unspecified atom stereocenters. The third-order valence-electron chi connectivity index (χ3n) is 5.41. The number of hydrogen-bond acceptors (Lipinski definition) is 4. The number of aryl methyl sites for hydroxylation is 2. The van der Waals surface area contributed by atoms with Crippen LogP contribution in [0.3, 0.4) is 0 Å². The topological polar surface area (TPSA) is 58.9 Å². The maximum atomic E-state index is 10.5. The summed E-state index contributed by atoms with van der Waals surface area (Å²) in [5.41, 5.74) is 6.44. The van der Waals surface area contributed by atoms with Gasteiger partial charge in [-0.05, 0) is 80.3 Å². The Labute approximate surface area is 192 Å². The van der Waals surface area contributed by atoms with Gasteiger partial charge in [-0.1, -0.05) is 44.5 Å². The summed E-state index contributed by atoms with van der Waals surface area (Å²) >= 11 is 0. The molecular formula is C28H36N2O2. The van der Waals surface area contributed by atoms with Gasteiger partial charge >= 0.3 is 0 Å². The van der Waals surface area contributed by atoms with Crippen molar-refractivity contribution in [2.45, 2.75) is 78.1 Å². The van der Waals surface area contributed by atoms with Crippen molar-refractivity contribution >= 4 is 35.4 Å². The molecule has 0 radical (unpaired) electrons. The van der Waals surface area contributed by atoms with E-state index in [0.717, 1.165) is 86.7 Å². The van der Waals surface area contributed by atoms with E-state index in [1.54, 1.807) is 0 Å². The molecule has 0 heterocycles. The van der Waals surface area contributed by atoms with Gasteiger partial charge in [0, 0.05) is 12.8 Å². The van der Waals surface area contributed by atoms with Gasteiger partial charge in [0.1, 0.15) is 12.6 Å². The Morgan fingerprint density at radius 3 is 1.56 bits per heavy atom. The molecule has 0 fully saturated rings. The number of aldehydes is 2. The summed E-state index contributed by atoms with van der Waals surface area (Å²) in [6, 6.07) is 16.6. The highest BCUT2D eigenvalue weighted by Crippen LogP contribution is 2.20. The van der Waals surface area contributed by atoms with E-state index >= 15 is 0 Å². The third-order valence-corrected chi connectivity index (χ3v) is 5.41. The van der Waals surface area contributed by atoms with E-state index in [4.69, 9.17) is 9.98 Å². The smallest absolute Gasteiger partial charge is 0.120 e. The van der Waals surface area contributed by atoms with E-state index < -0.39 is 0 Å². The van der Waals surface area contributed by atoms with Crippen molar-refractivity contribution in [1.82, 2.24) is 0 Å². The first kappa shape index (κ1) is 25.4. The average molecular weight is 433 g/mol. The molecule has 0 spiro atoms. The summed E-state index contributed by atoms with van der Waals surface area (Å²) in [5.74, 6) is 0. The van der Waals surface area contributed by atoms with Gasteiger partial charge in [-0.3, -0.25) is 9.98 Å². The highest BCUT2D eigenvalue weighted by molar-refractivity contribution is 6.43. The van der Waals surface area contributed by atoms with Crippen LogP contribution in [-0.4, -0.2) is 24.0 Å². The minimum absolute atomic E-state index is 0.608. The lowest BCUT2D eigenvalue weighted by Gasteiger charge is -2.10. The molecule has 0 saturated heterocycles. The standard InChI is InChI=1S/C28H36N2O2/c1-3-5-12-28(30-26-19-15-24(16-20-26)11-7-9-22-32)27(4-2)29-25-17-13-23(14-18-25)10-6-8-21-31/h13-22H,3-12H2,1-2H3. The van der Waals surface area contributed by atoms with Gasteiger partial charge < -0.3 is 9.59 Å². The highest BCUT2D eigenvalue weighted by Gasteiger charge is 2.09. The van der Waals surface area contributed by atoms with Gasteiger partial charge in [-0.25, -0.2) is 0 Å². The van der Waals surface area contributed by atoms with Crippen LogP contribution >= 0.6 is 0 Å². The summed E-state index contributed by atoms with van der Waals surface area (Å²) in [5, 5.41) is 0. The highest BCUT2D eigenvalue weighted by atomic mass is 16.1. The van der Waals surface area contributed by atoms with Gasteiger partial charge in [-0.15, -0.1) is 0 Å². The summed E-state index contributed by atoms with van der Waals surface area (Å²) < 4.78 is 0. The van der Waals surface area contributed by atoms with Crippen LogP contribution in [0.25, 0.3) is 0 Å². The van der Waals surface area contributed by atoms with Crippen LogP contribution in [0.4, 0.5) is 11.4 Å². The molecule has 0 amide bonds. The molecule has 4 nitrogen and oxygen atoms in total. The molecule has 0 N–H and O–H groups in total. The van der Waals surface area contributed by atoms with Crippen molar-refractivity contribution < 1.29 is 9.59 Å². The third kappa shape index (κ3) is 9.09. The zero-order chi connectivity index (χ0) is 23.0. The monoisotopic (exact) mass is 432 g/mol. The fourth-order valence-corrected chi connectivity index (χ4v) is 3.52. The maximum Gasteiger partial charge on any atom is 0.120 e. The van der Waals surface area contributed by atoms with Crippen LogP contribution in [-0.2, 0) is 22.4 Å². The van der Waals surface area contributed by atoms with Crippen LogP contribution in [0, 0.1) is 0 Å². The number of unbranched alkanes of at least 4 members (excludes halogenated alkanes) is 3. The van der Waals surface area contributed by atoms with Crippen molar-refractivity contribution in [3.63, 3.8) is 0 Å². The predicted molar refractivity (Wildman–Crippen MR) is 135 cm³/mol. The Kier molecular flexibility index (Phi) is 11.9. The zero-order valence-electron chi connectivity index (χ0n) is 19.6. The van der Waals surface area contributed by atoms with E-state index in [0.29, 0.717) is 12.8 Å². The predicted octanol–water partition coefficient (Wildman–Crippen LogP) is 7.18. The molecule has 4 heteroatoms. The molecule has 0 atom stereocenters. The first-order valence-corrected chi connectivity index (χ1v) is 11.9. The molecule has 0 aliphatic heterocycles. The molecule has 0 aromatic heterocycles. The van der Waals surface area contributed by atoms with Crippen molar-refractivity contribution in [3.8, 4) is 0 Å². The second kappa shape index (κ2) is 15.0. The fraction of sp³-hybridized carbons (Fsp3) is 0.429. The average Bonchev–Trinajstić information content (AvgIpc) is 2.82. The van der Waals surface area contributed by atoms with Gasteiger partial charge in [-0.2, -0.15) is 0 Å². The molecule has 0 saturated carbocycles. The van der Waals surface area contributed by atoms with Crippen LogP contribution in [0.2, 0.25) is 0 Å². The van der Waals surface area contributed by atoms with Crippen molar-refractivity contribution in [3.05, 3.63) is 59.7 Å². The summed E-state index contributed by atoms with van der Waals surface area (Å²) in [6.45, 7) is 4.32. The first-order chi connectivity index (χ1) is 15.7. The van der Waals surface area contributed by atoms with Crippen LogP contribution in [0.15, 0.2) is 58.5 Å². The van der Waals surface area contributed by atoms with E-state index in [2.05, 4.69) is 62.4 Å². The summed E-state index contributed by atoms with van der Waals surface area (Å²) in [4.78, 5) is 30.9. The van der Waals surface area contributed by atoms with Crippen LogP contribution < -0.4 is 0 Å². The van der Waals surface area contributed by atoms with Gasteiger partial charge in [0.25, 0.3) is 0 Å². The number of carbonyl (C=O) groups excluding carboxylic acids is 2. The Balaban J connectivity index is 2.19. The van der Waals surface area contributed by atoms with E-state index in [1.165, 1.54) is 11.1 Å². The number of carbonyl (C=O) groups is 2. The molecule has 170 valence electrons. The molecule has 0 bridgehead atoms. The lowest BCUT2D eigenvalue weighted by Crippen LogP contribution is -2.13. The molecule has 32 heavy (non-hydrogen) atoms. The molecule has 2 aromatic carbocycles. The largest absolute Gasteiger partial charge is 0.303 e. The van der Waals surface area contributed by atoms with Crippen molar-refractivity contribution in [2.75, 3.05) is 0 Å². The minimum Gasteiger partial charge on any atom is -0.303 e. The Morgan fingerprint density at radius 2 is 1.16 bits per heavy atom. The second-order valence-corrected chi connectivity index (χ2v) is 8.02. The number of aliphatic imine (C=N–C) groups is 2. The molecule has 0 aliphatic rings. The van der Waals surface area contributed by atoms with Crippen molar-refractivity contribution in [2.24, 2.45) is 9.98 Å². The summed E-state index contributed by atoms with van der Waals surface area (Å²) in [7, 11) is 0. The maximum absolute atomic E-state index is 10.5. The molecule has 0 aliphatic carbocycles. The van der Waals surface area contributed by atoms with E-state index in [-0.39, 0.29) is 0 Å². The molecule has 2 rings (SSSR count). The van der Waals surface area contributed by atoms with E-state index in [1.807, 2.05) is 0 Å². The number of hydrogen-bond donors (Lipinski definition) is 0. The lowest BCUT2D eigenvalue weighted by atomic mass is 10.0. The van der Waals surface area contributed by atoms with Crippen LogP contribution in [0.5, 0.6) is 0 Å². The first-order valence-electron chi connectivity index (χ1n) is 11.9. The Morgan fingerprint density at radius 1 is 0.688 bits per heavy atom. The SMILES string of the molecule is CCCCC(=Nc1ccc(CCCC=O)cc1)C(CC)=Nc1ccc(CCCC=O)cc1. The summed E-state index contributed by atoms with van der Waals surface area (Å²) in [6.07, 6.45) is 10.7. The van der Waals surface area contributed by atoms with Gasteiger partial charge in [0.05, 0.1) is 22.8 Å². The van der Waals surface area contributed by atoms with Gasteiger partial charge in [0.2, 0.25) is 0 Å². The second-order valence-electron chi connectivity index (χ2n) is 8.02. The Bertz CT molecular complexity index is 881. The zero-order valence-corrected chi connectivity index (χ0v) is 19.6. The molecule has 2 aromatic rings. The van der Waals surface area contributed by atoms with Gasteiger partial charge in [0.15, 0.2) is 0 Å². The van der Waals surface area contributed by atoms with Crippen molar-refractivity contribution in [1.29, 1.82) is 0 Å². The minimum atomic E-state index is 0.608. The number of benzene rings is 2. The number of rotatable bonds is 15. The van der Waals surface area contributed by atoms with E-state index in [9.17, 15) is 9.59 Å². The normalized spacial score (nSPS) is 12.1. The Hall–Kier alpha value is -2.88. The lowest BCUT2D eigenvalue weighted by molar-refractivity contribution is -0.108.